The van der Waals surface area contributed by atoms with Gasteiger partial charge >= 0.3 is 0 Å². The summed E-state index contributed by atoms with van der Waals surface area (Å²) < 4.78 is 11.1. The SMILES string of the molecule is CCOc1cccc(Oc2ncccc2[C@@H](C)O)c1. The summed E-state index contributed by atoms with van der Waals surface area (Å²) in [6, 6.07) is 10.9. The van der Waals surface area contributed by atoms with Crippen LogP contribution in [0.5, 0.6) is 17.4 Å². The molecule has 1 aromatic carbocycles. The highest BCUT2D eigenvalue weighted by Crippen LogP contribution is 2.29. The van der Waals surface area contributed by atoms with Gasteiger partial charge in [-0.15, -0.1) is 0 Å². The average molecular weight is 259 g/mol. The van der Waals surface area contributed by atoms with Crippen LogP contribution in [0.2, 0.25) is 0 Å². The zero-order valence-corrected chi connectivity index (χ0v) is 11.0. The van der Waals surface area contributed by atoms with Crippen LogP contribution in [-0.2, 0) is 0 Å². The lowest BCUT2D eigenvalue weighted by atomic mass is 10.2. The van der Waals surface area contributed by atoms with Crippen LogP contribution in [0.1, 0.15) is 25.5 Å². The smallest absolute Gasteiger partial charge is 0.225 e. The summed E-state index contributed by atoms with van der Waals surface area (Å²) >= 11 is 0. The van der Waals surface area contributed by atoms with Gasteiger partial charge in [-0.1, -0.05) is 6.07 Å². The molecule has 4 heteroatoms. The first-order chi connectivity index (χ1) is 9.20. The molecule has 19 heavy (non-hydrogen) atoms. The molecule has 0 fully saturated rings. The zero-order valence-electron chi connectivity index (χ0n) is 11.0. The van der Waals surface area contributed by atoms with Crippen molar-refractivity contribution in [2.45, 2.75) is 20.0 Å². The van der Waals surface area contributed by atoms with E-state index in [9.17, 15) is 5.11 Å². The summed E-state index contributed by atoms with van der Waals surface area (Å²) in [5.74, 6) is 1.78. The van der Waals surface area contributed by atoms with E-state index < -0.39 is 6.10 Å². The molecule has 0 unspecified atom stereocenters. The quantitative estimate of drug-likeness (QED) is 0.894. The molecular formula is C15H17NO3. The molecule has 0 aliphatic carbocycles. The molecule has 0 radical (unpaired) electrons. The Morgan fingerprint density at radius 1 is 1.21 bits per heavy atom. The predicted molar refractivity (Wildman–Crippen MR) is 72.6 cm³/mol. The van der Waals surface area contributed by atoms with Crippen molar-refractivity contribution in [1.82, 2.24) is 4.98 Å². The lowest BCUT2D eigenvalue weighted by molar-refractivity contribution is 0.194. The van der Waals surface area contributed by atoms with E-state index in [1.807, 2.05) is 25.1 Å². The van der Waals surface area contributed by atoms with Gasteiger partial charge in [0.25, 0.3) is 0 Å². The van der Waals surface area contributed by atoms with E-state index in [2.05, 4.69) is 4.98 Å². The van der Waals surface area contributed by atoms with E-state index in [1.165, 1.54) is 0 Å². The molecule has 0 saturated heterocycles. The number of hydrogen-bond acceptors (Lipinski definition) is 4. The van der Waals surface area contributed by atoms with Crippen LogP contribution in [0.15, 0.2) is 42.6 Å². The van der Waals surface area contributed by atoms with Crippen molar-refractivity contribution in [1.29, 1.82) is 0 Å². The van der Waals surface area contributed by atoms with Gasteiger partial charge in [-0.3, -0.25) is 0 Å². The standard InChI is InChI=1S/C15H17NO3/c1-3-18-12-6-4-7-13(10-12)19-15-14(11(2)17)8-5-9-16-15/h4-11,17H,3H2,1-2H3/t11-/m1/s1. The maximum Gasteiger partial charge on any atom is 0.225 e. The van der Waals surface area contributed by atoms with Gasteiger partial charge in [0.2, 0.25) is 5.88 Å². The first-order valence-electron chi connectivity index (χ1n) is 6.24. The van der Waals surface area contributed by atoms with Crippen molar-refractivity contribution >= 4 is 0 Å². The number of benzene rings is 1. The van der Waals surface area contributed by atoms with Gasteiger partial charge in [-0.2, -0.15) is 0 Å². The first-order valence-corrected chi connectivity index (χ1v) is 6.24. The van der Waals surface area contributed by atoms with Crippen LogP contribution in [0, 0.1) is 0 Å². The third kappa shape index (κ3) is 3.45. The number of aliphatic hydroxyl groups is 1. The summed E-state index contributed by atoms with van der Waals surface area (Å²) in [7, 11) is 0. The third-order valence-corrected chi connectivity index (χ3v) is 2.58. The molecule has 2 aromatic rings. The molecule has 1 N–H and O–H groups in total. The van der Waals surface area contributed by atoms with Gasteiger partial charge < -0.3 is 14.6 Å². The third-order valence-electron chi connectivity index (χ3n) is 2.58. The summed E-state index contributed by atoms with van der Waals surface area (Å²) in [6.07, 6.45) is 1.01. The van der Waals surface area contributed by atoms with Gasteiger partial charge in [-0.25, -0.2) is 4.98 Å². The minimum Gasteiger partial charge on any atom is -0.494 e. The second-order valence-electron chi connectivity index (χ2n) is 4.08. The fraction of sp³-hybridized carbons (Fsp3) is 0.267. The minimum absolute atomic E-state index is 0.408. The molecule has 4 nitrogen and oxygen atoms in total. The highest BCUT2D eigenvalue weighted by Gasteiger charge is 2.10. The highest BCUT2D eigenvalue weighted by molar-refractivity contribution is 5.37. The zero-order chi connectivity index (χ0) is 13.7. The number of pyridine rings is 1. The summed E-state index contributed by atoms with van der Waals surface area (Å²) in [4.78, 5) is 4.15. The van der Waals surface area contributed by atoms with E-state index in [-0.39, 0.29) is 0 Å². The second kappa shape index (κ2) is 6.20. The number of aliphatic hydroxyl groups excluding tert-OH is 1. The number of aromatic nitrogens is 1. The van der Waals surface area contributed by atoms with E-state index in [1.54, 1.807) is 31.3 Å². The van der Waals surface area contributed by atoms with Crippen LogP contribution in [0.4, 0.5) is 0 Å². The topological polar surface area (TPSA) is 51.6 Å². The van der Waals surface area contributed by atoms with Crippen molar-refractivity contribution in [2.24, 2.45) is 0 Å². The van der Waals surface area contributed by atoms with Gasteiger partial charge in [0.05, 0.1) is 12.7 Å². The molecule has 0 amide bonds. The first kappa shape index (κ1) is 13.4. The Bertz CT molecular complexity index is 540. The Morgan fingerprint density at radius 2 is 2.00 bits per heavy atom. The largest absolute Gasteiger partial charge is 0.494 e. The van der Waals surface area contributed by atoms with Crippen LogP contribution >= 0.6 is 0 Å². The lowest BCUT2D eigenvalue weighted by Gasteiger charge is -2.12. The number of nitrogens with zero attached hydrogens (tertiary/aromatic N) is 1. The van der Waals surface area contributed by atoms with Gasteiger partial charge in [-0.05, 0) is 38.1 Å². The number of rotatable bonds is 5. The Hall–Kier alpha value is -2.07. The van der Waals surface area contributed by atoms with Crippen molar-refractivity contribution in [3.05, 3.63) is 48.2 Å². The predicted octanol–water partition coefficient (Wildman–Crippen LogP) is 3.33. The molecule has 0 aliphatic rings. The van der Waals surface area contributed by atoms with Gasteiger partial charge in [0.1, 0.15) is 11.5 Å². The molecule has 0 aliphatic heterocycles. The highest BCUT2D eigenvalue weighted by atomic mass is 16.5. The Balaban J connectivity index is 2.23. The summed E-state index contributed by atoms with van der Waals surface area (Å²) in [5.41, 5.74) is 0.657. The van der Waals surface area contributed by atoms with Gasteiger partial charge in [0, 0.05) is 17.8 Å². The van der Waals surface area contributed by atoms with Crippen molar-refractivity contribution in [3.63, 3.8) is 0 Å². The summed E-state index contributed by atoms with van der Waals surface area (Å²) in [5, 5.41) is 9.68. The Labute approximate surface area is 112 Å². The maximum atomic E-state index is 9.68. The van der Waals surface area contributed by atoms with E-state index in [0.29, 0.717) is 23.8 Å². The Morgan fingerprint density at radius 3 is 2.74 bits per heavy atom. The molecule has 1 atom stereocenters. The molecule has 1 heterocycles. The second-order valence-corrected chi connectivity index (χ2v) is 4.08. The lowest BCUT2D eigenvalue weighted by Crippen LogP contribution is -1.98. The number of hydrogen-bond donors (Lipinski definition) is 1. The molecule has 100 valence electrons. The fourth-order valence-electron chi connectivity index (χ4n) is 1.71. The van der Waals surface area contributed by atoms with Crippen LogP contribution in [-0.4, -0.2) is 16.7 Å². The van der Waals surface area contributed by atoms with E-state index in [0.717, 1.165) is 5.75 Å². The van der Waals surface area contributed by atoms with E-state index >= 15 is 0 Å². The average Bonchev–Trinajstić information content (AvgIpc) is 2.40. The normalized spacial score (nSPS) is 11.9. The van der Waals surface area contributed by atoms with Crippen LogP contribution in [0.3, 0.4) is 0 Å². The van der Waals surface area contributed by atoms with Crippen molar-refractivity contribution in [2.75, 3.05) is 6.61 Å². The molecule has 1 aromatic heterocycles. The molecule has 2 rings (SSSR count). The molecule has 0 spiro atoms. The summed E-state index contributed by atoms with van der Waals surface area (Å²) in [6.45, 7) is 4.21. The van der Waals surface area contributed by atoms with Crippen molar-refractivity contribution in [3.8, 4) is 17.4 Å². The maximum absolute atomic E-state index is 9.68. The number of ether oxygens (including phenoxy) is 2. The Kier molecular flexibility index (Phi) is 4.36. The molecule has 0 bridgehead atoms. The fourth-order valence-corrected chi connectivity index (χ4v) is 1.71. The van der Waals surface area contributed by atoms with Crippen LogP contribution < -0.4 is 9.47 Å². The molecular weight excluding hydrogens is 242 g/mol. The minimum atomic E-state index is -0.626. The van der Waals surface area contributed by atoms with Crippen LogP contribution in [0.25, 0.3) is 0 Å². The molecule has 0 saturated carbocycles. The van der Waals surface area contributed by atoms with E-state index in [4.69, 9.17) is 9.47 Å². The van der Waals surface area contributed by atoms with Crippen molar-refractivity contribution < 1.29 is 14.6 Å². The monoisotopic (exact) mass is 259 g/mol. The van der Waals surface area contributed by atoms with Gasteiger partial charge in [0.15, 0.2) is 0 Å².